The second-order valence-corrected chi connectivity index (χ2v) is 5.43. The molecule has 0 spiro atoms. The Balaban J connectivity index is 2.21. The van der Waals surface area contributed by atoms with Crippen molar-refractivity contribution < 1.29 is 0 Å². The molecule has 1 aliphatic rings. The SMILES string of the molecule is CC(C)N(CC1CC1)c1cc(CN)c(Cl)cn1. The third kappa shape index (κ3) is 3.11. The Morgan fingerprint density at radius 3 is 2.76 bits per heavy atom. The van der Waals surface area contributed by atoms with Crippen LogP contribution in [0.15, 0.2) is 12.3 Å². The van der Waals surface area contributed by atoms with E-state index in [1.165, 1.54) is 12.8 Å². The Hall–Kier alpha value is -0.800. The van der Waals surface area contributed by atoms with Gasteiger partial charge >= 0.3 is 0 Å². The Labute approximate surface area is 108 Å². The normalized spacial score (nSPS) is 15.4. The zero-order chi connectivity index (χ0) is 12.4. The lowest BCUT2D eigenvalue weighted by molar-refractivity contribution is 0.636. The average molecular weight is 254 g/mol. The quantitative estimate of drug-likeness (QED) is 0.878. The van der Waals surface area contributed by atoms with Gasteiger partial charge in [-0.05, 0) is 44.2 Å². The van der Waals surface area contributed by atoms with E-state index in [4.69, 9.17) is 17.3 Å². The molecule has 1 heterocycles. The van der Waals surface area contributed by atoms with E-state index in [0.29, 0.717) is 17.6 Å². The van der Waals surface area contributed by atoms with Crippen LogP contribution in [0, 0.1) is 5.92 Å². The maximum atomic E-state index is 6.04. The van der Waals surface area contributed by atoms with E-state index in [0.717, 1.165) is 23.8 Å². The Morgan fingerprint density at radius 2 is 2.24 bits per heavy atom. The highest BCUT2D eigenvalue weighted by atomic mass is 35.5. The lowest BCUT2D eigenvalue weighted by atomic mass is 10.2. The molecule has 0 saturated heterocycles. The van der Waals surface area contributed by atoms with Crippen molar-refractivity contribution in [3.63, 3.8) is 0 Å². The van der Waals surface area contributed by atoms with E-state index in [-0.39, 0.29) is 0 Å². The summed E-state index contributed by atoms with van der Waals surface area (Å²) in [5.74, 6) is 1.84. The molecule has 0 radical (unpaired) electrons. The van der Waals surface area contributed by atoms with Gasteiger partial charge in [0.1, 0.15) is 5.82 Å². The number of nitrogens with zero attached hydrogens (tertiary/aromatic N) is 2. The minimum atomic E-state index is 0.454. The predicted molar refractivity (Wildman–Crippen MR) is 72.3 cm³/mol. The number of hydrogen-bond donors (Lipinski definition) is 1. The molecule has 1 aromatic rings. The zero-order valence-electron chi connectivity index (χ0n) is 10.5. The average Bonchev–Trinajstić information content (AvgIpc) is 3.10. The van der Waals surface area contributed by atoms with Crippen LogP contribution in [0.5, 0.6) is 0 Å². The molecule has 2 rings (SSSR count). The first kappa shape index (κ1) is 12.7. The second-order valence-electron chi connectivity index (χ2n) is 5.03. The predicted octanol–water partition coefficient (Wildman–Crippen LogP) is 2.82. The van der Waals surface area contributed by atoms with Crippen LogP contribution >= 0.6 is 11.6 Å². The first-order chi connectivity index (χ1) is 8.11. The molecule has 0 aliphatic heterocycles. The molecule has 0 bridgehead atoms. The van der Waals surface area contributed by atoms with Crippen molar-refractivity contribution in [3.05, 3.63) is 22.8 Å². The van der Waals surface area contributed by atoms with Gasteiger partial charge in [0, 0.05) is 25.3 Å². The summed E-state index contributed by atoms with van der Waals surface area (Å²) in [6, 6.07) is 2.47. The molecule has 0 atom stereocenters. The van der Waals surface area contributed by atoms with Crippen LogP contribution in [0.4, 0.5) is 5.82 Å². The van der Waals surface area contributed by atoms with Gasteiger partial charge in [-0.15, -0.1) is 0 Å². The molecule has 0 amide bonds. The van der Waals surface area contributed by atoms with Crippen LogP contribution in [-0.2, 0) is 6.54 Å². The number of aromatic nitrogens is 1. The standard InChI is InChI=1S/C13H20ClN3/c1-9(2)17(8-10-3-4-10)13-5-11(6-15)12(14)7-16-13/h5,7,9-10H,3-4,6,8,15H2,1-2H3. The van der Waals surface area contributed by atoms with Crippen molar-refractivity contribution in [2.75, 3.05) is 11.4 Å². The van der Waals surface area contributed by atoms with Gasteiger partial charge in [0.2, 0.25) is 0 Å². The molecule has 17 heavy (non-hydrogen) atoms. The topological polar surface area (TPSA) is 42.1 Å². The third-order valence-electron chi connectivity index (χ3n) is 3.21. The molecule has 0 aromatic carbocycles. The van der Waals surface area contributed by atoms with Gasteiger partial charge in [0.05, 0.1) is 5.02 Å². The van der Waals surface area contributed by atoms with E-state index < -0.39 is 0 Å². The van der Waals surface area contributed by atoms with Crippen LogP contribution in [-0.4, -0.2) is 17.6 Å². The molecule has 2 N–H and O–H groups in total. The van der Waals surface area contributed by atoms with Gasteiger partial charge in [0.25, 0.3) is 0 Å². The Kier molecular flexibility index (Phi) is 3.89. The highest BCUT2D eigenvalue weighted by molar-refractivity contribution is 6.31. The van der Waals surface area contributed by atoms with Crippen molar-refractivity contribution in [3.8, 4) is 0 Å². The number of rotatable bonds is 5. The summed E-state index contributed by atoms with van der Waals surface area (Å²) in [7, 11) is 0. The fourth-order valence-electron chi connectivity index (χ4n) is 1.93. The van der Waals surface area contributed by atoms with E-state index >= 15 is 0 Å². The summed E-state index contributed by atoms with van der Waals surface area (Å²) < 4.78 is 0. The molecular formula is C13H20ClN3. The minimum absolute atomic E-state index is 0.454. The van der Waals surface area contributed by atoms with Crippen molar-refractivity contribution in [2.45, 2.75) is 39.3 Å². The first-order valence-electron chi connectivity index (χ1n) is 6.23. The highest BCUT2D eigenvalue weighted by Gasteiger charge is 2.26. The van der Waals surface area contributed by atoms with Crippen molar-refractivity contribution in [2.24, 2.45) is 11.7 Å². The lowest BCUT2D eigenvalue weighted by Gasteiger charge is -2.28. The molecule has 1 aromatic heterocycles. The fraction of sp³-hybridized carbons (Fsp3) is 0.615. The first-order valence-corrected chi connectivity index (χ1v) is 6.60. The van der Waals surface area contributed by atoms with Crippen molar-refractivity contribution in [1.82, 2.24) is 4.98 Å². The van der Waals surface area contributed by atoms with Gasteiger partial charge in [-0.25, -0.2) is 4.98 Å². The number of halogens is 1. The largest absolute Gasteiger partial charge is 0.354 e. The molecule has 4 heteroatoms. The summed E-state index contributed by atoms with van der Waals surface area (Å²) in [6.07, 6.45) is 4.41. The van der Waals surface area contributed by atoms with E-state index in [1.54, 1.807) is 6.20 Å². The highest BCUT2D eigenvalue weighted by Crippen LogP contribution is 2.32. The summed E-state index contributed by atoms with van der Waals surface area (Å²) in [5, 5.41) is 0.659. The smallest absolute Gasteiger partial charge is 0.129 e. The maximum absolute atomic E-state index is 6.04. The lowest BCUT2D eigenvalue weighted by Crippen LogP contribution is -2.33. The Bertz CT molecular complexity index is 388. The van der Waals surface area contributed by atoms with Crippen LogP contribution in [0.25, 0.3) is 0 Å². The summed E-state index contributed by atoms with van der Waals surface area (Å²) >= 11 is 6.04. The van der Waals surface area contributed by atoms with Gasteiger partial charge in [-0.2, -0.15) is 0 Å². The number of pyridine rings is 1. The molecular weight excluding hydrogens is 234 g/mol. The monoisotopic (exact) mass is 253 g/mol. The van der Waals surface area contributed by atoms with Gasteiger partial charge < -0.3 is 10.6 Å². The number of hydrogen-bond acceptors (Lipinski definition) is 3. The summed E-state index contributed by atoms with van der Waals surface area (Å²) in [6.45, 7) is 5.95. The van der Waals surface area contributed by atoms with E-state index in [2.05, 4.69) is 23.7 Å². The van der Waals surface area contributed by atoms with Crippen molar-refractivity contribution >= 4 is 17.4 Å². The van der Waals surface area contributed by atoms with Crippen LogP contribution < -0.4 is 10.6 Å². The van der Waals surface area contributed by atoms with E-state index in [1.807, 2.05) is 6.07 Å². The molecule has 1 fully saturated rings. The third-order valence-corrected chi connectivity index (χ3v) is 3.55. The molecule has 94 valence electrons. The van der Waals surface area contributed by atoms with Crippen LogP contribution in [0.1, 0.15) is 32.3 Å². The molecule has 3 nitrogen and oxygen atoms in total. The second kappa shape index (κ2) is 5.23. The summed E-state index contributed by atoms with van der Waals surface area (Å²) in [4.78, 5) is 6.77. The number of anilines is 1. The minimum Gasteiger partial charge on any atom is -0.354 e. The van der Waals surface area contributed by atoms with Crippen LogP contribution in [0.3, 0.4) is 0 Å². The fourth-order valence-corrected chi connectivity index (χ4v) is 2.11. The Morgan fingerprint density at radius 1 is 1.53 bits per heavy atom. The van der Waals surface area contributed by atoms with E-state index in [9.17, 15) is 0 Å². The summed E-state index contributed by atoms with van der Waals surface area (Å²) in [5.41, 5.74) is 6.65. The number of nitrogens with two attached hydrogens (primary N) is 1. The molecule has 1 aliphatic carbocycles. The van der Waals surface area contributed by atoms with Gasteiger partial charge in [-0.1, -0.05) is 11.6 Å². The van der Waals surface area contributed by atoms with Crippen LogP contribution in [0.2, 0.25) is 5.02 Å². The maximum Gasteiger partial charge on any atom is 0.129 e. The zero-order valence-corrected chi connectivity index (χ0v) is 11.2. The van der Waals surface area contributed by atoms with Gasteiger partial charge in [-0.3, -0.25) is 0 Å². The molecule has 0 unspecified atom stereocenters. The van der Waals surface area contributed by atoms with Gasteiger partial charge in [0.15, 0.2) is 0 Å². The molecule has 1 saturated carbocycles. The van der Waals surface area contributed by atoms with Crippen molar-refractivity contribution in [1.29, 1.82) is 0 Å².